The van der Waals surface area contributed by atoms with Crippen LogP contribution in [0.4, 0.5) is 4.39 Å². The second-order valence-electron chi connectivity index (χ2n) is 4.22. The number of rotatable bonds is 4. The molecule has 1 aromatic carbocycles. The highest BCUT2D eigenvalue weighted by Crippen LogP contribution is 2.26. The van der Waals surface area contributed by atoms with E-state index in [9.17, 15) is 4.39 Å². The fourth-order valence-electron chi connectivity index (χ4n) is 1.90. The van der Waals surface area contributed by atoms with E-state index in [4.69, 9.17) is 5.84 Å². The molecule has 18 heavy (non-hydrogen) atoms. The quantitative estimate of drug-likeness (QED) is 0.663. The smallest absolute Gasteiger partial charge is 0.123 e. The number of nitrogens with one attached hydrogen (secondary N) is 1. The maximum absolute atomic E-state index is 13.4. The molecule has 2 nitrogen and oxygen atoms in total. The van der Waals surface area contributed by atoms with Crippen LogP contribution in [0.15, 0.2) is 34.1 Å². The highest BCUT2D eigenvalue weighted by molar-refractivity contribution is 9.10. The van der Waals surface area contributed by atoms with E-state index in [1.165, 1.54) is 17.0 Å². The van der Waals surface area contributed by atoms with Crippen molar-refractivity contribution in [3.8, 4) is 0 Å². The summed E-state index contributed by atoms with van der Waals surface area (Å²) in [7, 11) is 0. The number of thiophene rings is 1. The molecule has 0 spiro atoms. The molecule has 0 aliphatic rings. The highest BCUT2D eigenvalue weighted by Gasteiger charge is 2.13. The fraction of sp³-hybridized carbons (Fsp3) is 0.231. The molecule has 1 unspecified atom stereocenters. The Hall–Kier alpha value is -0.750. The zero-order valence-corrected chi connectivity index (χ0v) is 12.3. The molecule has 0 saturated carbocycles. The minimum Gasteiger partial charge on any atom is -0.271 e. The molecule has 0 amide bonds. The van der Waals surface area contributed by atoms with Gasteiger partial charge >= 0.3 is 0 Å². The van der Waals surface area contributed by atoms with Crippen molar-refractivity contribution >= 4 is 27.3 Å². The van der Waals surface area contributed by atoms with Crippen LogP contribution in [0.1, 0.15) is 22.0 Å². The first-order valence-electron chi connectivity index (χ1n) is 5.54. The van der Waals surface area contributed by atoms with Crippen LogP contribution < -0.4 is 11.3 Å². The Labute approximate surface area is 118 Å². The summed E-state index contributed by atoms with van der Waals surface area (Å²) in [6.45, 7) is 1.88. The maximum atomic E-state index is 13.4. The first kappa shape index (κ1) is 13.7. The molecule has 0 radical (unpaired) electrons. The zero-order chi connectivity index (χ0) is 13.1. The number of hydrogen-bond donors (Lipinski definition) is 2. The third kappa shape index (κ3) is 3.38. The number of aryl methyl sites for hydroxylation is 1. The summed E-state index contributed by atoms with van der Waals surface area (Å²) in [4.78, 5) is 1.20. The molecule has 0 aliphatic carbocycles. The van der Waals surface area contributed by atoms with Gasteiger partial charge in [-0.15, -0.1) is 11.3 Å². The number of halogens is 2. The largest absolute Gasteiger partial charge is 0.271 e. The summed E-state index contributed by atoms with van der Waals surface area (Å²) in [5.41, 5.74) is 4.53. The van der Waals surface area contributed by atoms with Crippen LogP contribution in [-0.2, 0) is 6.42 Å². The van der Waals surface area contributed by atoms with Gasteiger partial charge < -0.3 is 0 Å². The van der Waals surface area contributed by atoms with Crippen molar-refractivity contribution < 1.29 is 4.39 Å². The highest BCUT2D eigenvalue weighted by atomic mass is 79.9. The standard InChI is InChI=1S/C13H14BrFN2S/c1-8-2-9(4-11(15)3-8)13(17-16)6-12-5-10(14)7-18-12/h2-5,7,13,17H,6,16H2,1H3. The Morgan fingerprint density at radius 3 is 2.72 bits per heavy atom. The maximum Gasteiger partial charge on any atom is 0.123 e. The molecule has 2 aromatic rings. The Balaban J connectivity index is 2.22. The molecule has 0 saturated heterocycles. The second kappa shape index (κ2) is 5.93. The molecule has 96 valence electrons. The molecule has 3 N–H and O–H groups in total. The van der Waals surface area contributed by atoms with E-state index in [1.54, 1.807) is 11.3 Å². The topological polar surface area (TPSA) is 38.0 Å². The average Bonchev–Trinajstić information content (AvgIpc) is 2.70. The summed E-state index contributed by atoms with van der Waals surface area (Å²) in [6, 6.07) is 6.97. The van der Waals surface area contributed by atoms with Crippen molar-refractivity contribution in [2.75, 3.05) is 0 Å². The monoisotopic (exact) mass is 328 g/mol. The molecule has 1 atom stereocenters. The first-order valence-corrected chi connectivity index (χ1v) is 7.22. The summed E-state index contributed by atoms with van der Waals surface area (Å²) in [5, 5.41) is 2.03. The minimum atomic E-state index is -0.224. The molecular weight excluding hydrogens is 315 g/mol. The number of hydrazine groups is 1. The lowest BCUT2D eigenvalue weighted by Gasteiger charge is -2.16. The van der Waals surface area contributed by atoms with Crippen molar-refractivity contribution in [2.45, 2.75) is 19.4 Å². The van der Waals surface area contributed by atoms with Gasteiger partial charge in [-0.25, -0.2) is 4.39 Å². The van der Waals surface area contributed by atoms with E-state index in [0.29, 0.717) is 0 Å². The van der Waals surface area contributed by atoms with Gasteiger partial charge in [-0.3, -0.25) is 11.3 Å². The van der Waals surface area contributed by atoms with Gasteiger partial charge in [0.25, 0.3) is 0 Å². The van der Waals surface area contributed by atoms with Gasteiger partial charge in [0.05, 0.1) is 6.04 Å². The molecule has 0 aliphatic heterocycles. The van der Waals surface area contributed by atoms with Gasteiger partial charge in [0.15, 0.2) is 0 Å². The lowest BCUT2D eigenvalue weighted by Crippen LogP contribution is -2.29. The third-order valence-corrected chi connectivity index (χ3v) is 4.42. The van der Waals surface area contributed by atoms with E-state index in [1.807, 2.05) is 18.4 Å². The molecule has 0 bridgehead atoms. The number of nitrogens with two attached hydrogens (primary N) is 1. The van der Waals surface area contributed by atoms with E-state index >= 15 is 0 Å². The molecule has 1 aromatic heterocycles. The first-order chi connectivity index (χ1) is 8.58. The Morgan fingerprint density at radius 2 is 2.17 bits per heavy atom. The predicted molar refractivity (Wildman–Crippen MR) is 76.9 cm³/mol. The summed E-state index contributed by atoms with van der Waals surface area (Å²) < 4.78 is 14.5. The summed E-state index contributed by atoms with van der Waals surface area (Å²) >= 11 is 5.08. The van der Waals surface area contributed by atoms with E-state index in [0.717, 1.165) is 22.0 Å². The zero-order valence-electron chi connectivity index (χ0n) is 9.91. The van der Waals surface area contributed by atoms with E-state index in [2.05, 4.69) is 27.4 Å². The van der Waals surface area contributed by atoms with Crippen LogP contribution in [0.25, 0.3) is 0 Å². The van der Waals surface area contributed by atoms with Crippen LogP contribution in [0, 0.1) is 12.7 Å². The van der Waals surface area contributed by atoms with Crippen molar-refractivity contribution in [1.82, 2.24) is 5.43 Å². The van der Waals surface area contributed by atoms with Crippen LogP contribution in [0.2, 0.25) is 0 Å². The van der Waals surface area contributed by atoms with Crippen molar-refractivity contribution in [1.29, 1.82) is 0 Å². The normalized spacial score (nSPS) is 12.7. The van der Waals surface area contributed by atoms with Gasteiger partial charge in [0.1, 0.15) is 5.82 Å². The SMILES string of the molecule is Cc1cc(F)cc(C(Cc2cc(Br)cs2)NN)c1. The van der Waals surface area contributed by atoms with Gasteiger partial charge in [-0.1, -0.05) is 6.07 Å². The Bertz CT molecular complexity index is 521. The van der Waals surface area contributed by atoms with Crippen LogP contribution in [0.5, 0.6) is 0 Å². The van der Waals surface area contributed by atoms with Crippen molar-refractivity contribution in [3.63, 3.8) is 0 Å². The van der Waals surface area contributed by atoms with E-state index in [-0.39, 0.29) is 11.9 Å². The average molecular weight is 329 g/mol. The lowest BCUT2D eigenvalue weighted by molar-refractivity contribution is 0.547. The predicted octanol–water partition coefficient (Wildman–Crippen LogP) is 3.71. The molecule has 0 fully saturated rings. The van der Waals surface area contributed by atoms with Crippen LogP contribution in [-0.4, -0.2) is 0 Å². The summed E-state index contributed by atoms with van der Waals surface area (Å²) in [6.07, 6.45) is 0.746. The molecular formula is C13H14BrFN2S. The molecule has 2 rings (SSSR count). The minimum absolute atomic E-state index is 0.0788. The van der Waals surface area contributed by atoms with Crippen molar-refractivity contribution in [3.05, 3.63) is 55.9 Å². The fourth-order valence-corrected chi connectivity index (χ4v) is 3.40. The van der Waals surface area contributed by atoms with Crippen molar-refractivity contribution in [2.24, 2.45) is 5.84 Å². The number of hydrogen-bond acceptors (Lipinski definition) is 3. The van der Waals surface area contributed by atoms with Crippen LogP contribution in [0.3, 0.4) is 0 Å². The lowest BCUT2D eigenvalue weighted by atomic mass is 10.0. The van der Waals surface area contributed by atoms with Gasteiger partial charge in [0.2, 0.25) is 0 Å². The second-order valence-corrected chi connectivity index (χ2v) is 6.13. The van der Waals surface area contributed by atoms with Gasteiger partial charge in [-0.2, -0.15) is 0 Å². The molecule has 5 heteroatoms. The van der Waals surface area contributed by atoms with Gasteiger partial charge in [-0.05, 0) is 52.2 Å². The third-order valence-electron chi connectivity index (χ3n) is 2.70. The van der Waals surface area contributed by atoms with E-state index < -0.39 is 0 Å². The summed E-state index contributed by atoms with van der Waals surface area (Å²) in [5.74, 6) is 5.36. The number of benzene rings is 1. The Morgan fingerprint density at radius 1 is 1.39 bits per heavy atom. The van der Waals surface area contributed by atoms with Gasteiger partial charge in [0, 0.05) is 21.2 Å². The van der Waals surface area contributed by atoms with Crippen LogP contribution >= 0.6 is 27.3 Å². The Kier molecular flexibility index (Phi) is 4.50. The molecule has 1 heterocycles.